The topological polar surface area (TPSA) is 59.8 Å². The van der Waals surface area contributed by atoms with Crippen molar-refractivity contribution in [2.24, 2.45) is 0 Å². The Morgan fingerprint density at radius 3 is 2.77 bits per heavy atom. The third-order valence-corrected chi connectivity index (χ3v) is 3.73. The maximum Gasteiger partial charge on any atom is 0.339 e. The number of likely N-dealkylation sites (N-methyl/N-ethyl adjacent to an activating group) is 1. The number of aryl methyl sites for hydroxylation is 1. The van der Waals surface area contributed by atoms with Crippen LogP contribution in [0.1, 0.15) is 27.4 Å². The summed E-state index contributed by atoms with van der Waals surface area (Å²) in [6.07, 6.45) is -0.370. The Morgan fingerprint density at radius 1 is 1.27 bits per heavy atom. The first-order chi connectivity index (χ1) is 10.5. The monoisotopic (exact) mass is 299 g/mol. The minimum atomic E-state index is -0.775. The summed E-state index contributed by atoms with van der Waals surface area (Å²) in [5.74, 6) is 0.837. The van der Waals surface area contributed by atoms with Gasteiger partial charge in [-0.25, -0.2) is 4.79 Å². The van der Waals surface area contributed by atoms with E-state index in [2.05, 4.69) is 0 Å². The molecule has 0 N–H and O–H groups in total. The summed E-state index contributed by atoms with van der Waals surface area (Å²) in [7, 11) is 1.68. The molecule has 1 aromatic carbocycles. The van der Waals surface area contributed by atoms with Crippen LogP contribution in [-0.2, 0) is 22.5 Å². The highest BCUT2D eigenvalue weighted by molar-refractivity contribution is 5.95. The molecule has 3 rings (SSSR count). The maximum atomic E-state index is 12.5. The van der Waals surface area contributed by atoms with E-state index in [1.165, 1.54) is 4.90 Å². The lowest BCUT2D eigenvalue weighted by atomic mass is 9.98. The van der Waals surface area contributed by atoms with Crippen LogP contribution in [0, 0.1) is 6.92 Å². The zero-order chi connectivity index (χ0) is 15.7. The number of hydrogen-bond acceptors (Lipinski definition) is 4. The molecule has 5 heteroatoms. The van der Waals surface area contributed by atoms with E-state index >= 15 is 0 Å². The number of esters is 1. The minimum Gasteiger partial charge on any atom is -0.464 e. The van der Waals surface area contributed by atoms with Crippen molar-refractivity contribution in [3.05, 3.63) is 59.0 Å². The van der Waals surface area contributed by atoms with Crippen molar-refractivity contribution in [1.82, 2.24) is 4.90 Å². The molecule has 0 saturated heterocycles. The Labute approximate surface area is 128 Å². The molecule has 5 nitrogen and oxygen atoms in total. The average molecular weight is 299 g/mol. The summed E-state index contributed by atoms with van der Waals surface area (Å²) in [6.45, 7) is 2.20. The number of carbonyl (C=O) groups excluding carboxylic acids is 2. The third kappa shape index (κ3) is 2.74. The first kappa shape index (κ1) is 14.4. The van der Waals surface area contributed by atoms with Gasteiger partial charge >= 0.3 is 5.97 Å². The lowest BCUT2D eigenvalue weighted by Gasteiger charge is -2.27. The number of hydrogen-bond donors (Lipinski definition) is 0. The van der Waals surface area contributed by atoms with Crippen LogP contribution in [-0.4, -0.2) is 29.9 Å². The van der Waals surface area contributed by atoms with Crippen LogP contribution in [0.5, 0.6) is 0 Å². The van der Waals surface area contributed by atoms with Crippen LogP contribution >= 0.6 is 0 Å². The third-order valence-electron chi connectivity index (χ3n) is 3.73. The summed E-state index contributed by atoms with van der Waals surface area (Å²) in [5.41, 5.74) is 1.38. The molecule has 1 unspecified atom stereocenters. The van der Waals surface area contributed by atoms with Gasteiger partial charge < -0.3 is 14.1 Å². The second-order valence-electron chi connectivity index (χ2n) is 5.46. The Bertz CT molecular complexity index is 719. The number of nitrogens with zero attached hydrogens (tertiary/aromatic N) is 1. The van der Waals surface area contributed by atoms with Crippen molar-refractivity contribution in [3.8, 4) is 0 Å². The van der Waals surface area contributed by atoms with Gasteiger partial charge in [0.05, 0.1) is 12.1 Å². The Morgan fingerprint density at radius 2 is 2.05 bits per heavy atom. The lowest BCUT2D eigenvalue weighted by molar-refractivity contribution is -0.140. The molecule has 2 heterocycles. The number of fused-ring (bicyclic) bond motifs is 1. The van der Waals surface area contributed by atoms with E-state index in [1.54, 1.807) is 19.2 Å². The Hall–Kier alpha value is -2.56. The van der Waals surface area contributed by atoms with Crippen molar-refractivity contribution in [3.63, 3.8) is 0 Å². The van der Waals surface area contributed by atoms with Crippen molar-refractivity contribution in [1.29, 1.82) is 0 Å². The van der Waals surface area contributed by atoms with Gasteiger partial charge in [-0.3, -0.25) is 4.79 Å². The van der Waals surface area contributed by atoms with Gasteiger partial charge in [-0.15, -0.1) is 0 Å². The summed E-state index contributed by atoms with van der Waals surface area (Å²) < 4.78 is 10.7. The molecule has 0 bridgehead atoms. The van der Waals surface area contributed by atoms with Crippen molar-refractivity contribution < 1.29 is 18.7 Å². The molecule has 0 spiro atoms. The summed E-state index contributed by atoms with van der Waals surface area (Å²) >= 11 is 0. The van der Waals surface area contributed by atoms with Gasteiger partial charge in [0.15, 0.2) is 6.10 Å². The fourth-order valence-corrected chi connectivity index (χ4v) is 2.60. The largest absolute Gasteiger partial charge is 0.464 e. The number of benzene rings is 1. The molecule has 0 saturated carbocycles. The van der Waals surface area contributed by atoms with E-state index in [4.69, 9.17) is 9.15 Å². The molecule has 0 aliphatic carbocycles. The number of furan rings is 1. The highest BCUT2D eigenvalue weighted by Crippen LogP contribution is 2.22. The second kappa shape index (κ2) is 5.67. The molecule has 1 aliphatic heterocycles. The smallest absolute Gasteiger partial charge is 0.339 e. The first-order valence-electron chi connectivity index (χ1n) is 7.14. The van der Waals surface area contributed by atoms with E-state index in [1.807, 2.05) is 31.2 Å². The standard InChI is InChI=1S/C17H17NO4/c1-11-7-8-13(21-11)10-18(2)16(19)15-9-12-5-3-4-6-14(12)17(20)22-15/h3-8,15H,9-10H2,1-2H3. The number of amides is 1. The molecule has 1 atom stereocenters. The number of rotatable bonds is 3. The van der Waals surface area contributed by atoms with Crippen LogP contribution in [0.3, 0.4) is 0 Å². The highest BCUT2D eigenvalue weighted by atomic mass is 16.5. The van der Waals surface area contributed by atoms with Gasteiger partial charge in [-0.1, -0.05) is 18.2 Å². The summed E-state index contributed by atoms with van der Waals surface area (Å²) in [4.78, 5) is 26.0. The normalized spacial score (nSPS) is 16.8. The van der Waals surface area contributed by atoms with Gasteiger partial charge in [0.1, 0.15) is 11.5 Å². The molecular weight excluding hydrogens is 282 g/mol. The highest BCUT2D eigenvalue weighted by Gasteiger charge is 2.32. The average Bonchev–Trinajstić information content (AvgIpc) is 2.91. The maximum absolute atomic E-state index is 12.5. The molecular formula is C17H17NO4. The predicted molar refractivity (Wildman–Crippen MR) is 79.3 cm³/mol. The van der Waals surface area contributed by atoms with Crippen molar-refractivity contribution in [2.75, 3.05) is 7.05 Å². The van der Waals surface area contributed by atoms with Gasteiger partial charge in [-0.2, -0.15) is 0 Å². The number of ether oxygens (including phenoxy) is 1. The van der Waals surface area contributed by atoms with E-state index in [9.17, 15) is 9.59 Å². The summed E-state index contributed by atoms with van der Waals surface area (Å²) in [6, 6.07) is 10.9. The van der Waals surface area contributed by atoms with Crippen LogP contribution in [0.15, 0.2) is 40.8 Å². The van der Waals surface area contributed by atoms with Crippen molar-refractivity contribution >= 4 is 11.9 Å². The molecule has 0 radical (unpaired) electrons. The van der Waals surface area contributed by atoms with Crippen LogP contribution in [0.4, 0.5) is 0 Å². The quantitative estimate of drug-likeness (QED) is 0.816. The van der Waals surface area contributed by atoms with Gasteiger partial charge in [-0.05, 0) is 30.7 Å². The molecule has 0 fully saturated rings. The zero-order valence-electron chi connectivity index (χ0n) is 12.5. The predicted octanol–water partition coefficient (Wildman–Crippen LogP) is 2.33. The molecule has 1 amide bonds. The van der Waals surface area contributed by atoms with E-state index < -0.39 is 12.1 Å². The van der Waals surface area contributed by atoms with Gasteiger partial charge in [0, 0.05) is 13.5 Å². The van der Waals surface area contributed by atoms with Crippen LogP contribution in [0.2, 0.25) is 0 Å². The molecule has 22 heavy (non-hydrogen) atoms. The molecule has 1 aromatic heterocycles. The minimum absolute atomic E-state index is 0.225. The van der Waals surface area contributed by atoms with E-state index in [0.717, 1.165) is 11.3 Å². The van der Waals surface area contributed by atoms with Crippen LogP contribution < -0.4 is 0 Å². The van der Waals surface area contributed by atoms with E-state index in [0.29, 0.717) is 24.3 Å². The number of carbonyl (C=O) groups is 2. The Kier molecular flexibility index (Phi) is 3.71. The molecule has 114 valence electrons. The number of cyclic esters (lactones) is 1. The Balaban J connectivity index is 1.72. The van der Waals surface area contributed by atoms with Crippen molar-refractivity contribution in [2.45, 2.75) is 26.0 Å². The van der Waals surface area contributed by atoms with Crippen LogP contribution in [0.25, 0.3) is 0 Å². The molecule has 1 aliphatic rings. The van der Waals surface area contributed by atoms with Gasteiger partial charge in [0.25, 0.3) is 5.91 Å². The second-order valence-corrected chi connectivity index (χ2v) is 5.46. The van der Waals surface area contributed by atoms with E-state index in [-0.39, 0.29) is 5.91 Å². The zero-order valence-corrected chi connectivity index (χ0v) is 12.5. The first-order valence-corrected chi connectivity index (χ1v) is 7.14. The molecule has 2 aromatic rings. The lowest BCUT2D eigenvalue weighted by Crippen LogP contribution is -2.42. The van der Waals surface area contributed by atoms with Gasteiger partial charge in [0.2, 0.25) is 0 Å². The fraction of sp³-hybridized carbons (Fsp3) is 0.294. The summed E-state index contributed by atoms with van der Waals surface area (Å²) in [5, 5.41) is 0. The SMILES string of the molecule is Cc1ccc(CN(C)C(=O)C2Cc3ccccc3C(=O)O2)o1. The fourth-order valence-electron chi connectivity index (χ4n) is 2.60.